The number of aryl methyl sites for hydroxylation is 3. The molecule has 0 spiro atoms. The maximum Gasteiger partial charge on any atom is 0.259 e. The van der Waals surface area contributed by atoms with Gasteiger partial charge in [-0.2, -0.15) is 5.10 Å². The van der Waals surface area contributed by atoms with Crippen molar-refractivity contribution in [3.05, 3.63) is 70.9 Å². The molecule has 3 aromatic rings. The van der Waals surface area contributed by atoms with Crippen LogP contribution >= 0.6 is 0 Å². The number of amides is 1. The molecule has 0 bridgehead atoms. The normalized spacial score (nSPS) is 10.8. The van der Waals surface area contributed by atoms with E-state index in [0.717, 1.165) is 23.3 Å². The Morgan fingerprint density at radius 3 is 2.60 bits per heavy atom. The first-order valence-electron chi connectivity index (χ1n) is 7.73. The van der Waals surface area contributed by atoms with Crippen LogP contribution < -0.4 is 5.32 Å². The SMILES string of the molecule is Cc1ccc(C)c(NC(=O)c2cn(C)nc2-c2ccc(F)cc2F)c1. The molecule has 0 aliphatic heterocycles. The largest absolute Gasteiger partial charge is 0.322 e. The minimum absolute atomic E-state index is 0.0770. The van der Waals surface area contributed by atoms with Crippen molar-refractivity contribution < 1.29 is 13.6 Å². The van der Waals surface area contributed by atoms with Gasteiger partial charge >= 0.3 is 0 Å². The summed E-state index contributed by atoms with van der Waals surface area (Å²) in [5.41, 5.74) is 3.07. The molecule has 1 amide bonds. The van der Waals surface area contributed by atoms with E-state index in [1.807, 2.05) is 32.0 Å². The quantitative estimate of drug-likeness (QED) is 0.775. The van der Waals surface area contributed by atoms with Gasteiger partial charge in [0, 0.05) is 30.6 Å². The second-order valence-corrected chi connectivity index (χ2v) is 5.96. The van der Waals surface area contributed by atoms with E-state index in [4.69, 9.17) is 0 Å². The van der Waals surface area contributed by atoms with Crippen LogP contribution in [0, 0.1) is 25.5 Å². The fourth-order valence-corrected chi connectivity index (χ4v) is 2.60. The molecule has 2 aromatic carbocycles. The molecule has 128 valence electrons. The number of benzene rings is 2. The molecule has 1 aromatic heterocycles. The van der Waals surface area contributed by atoms with Crippen LogP contribution in [0.2, 0.25) is 0 Å². The average Bonchev–Trinajstić information content (AvgIpc) is 2.92. The molecule has 1 N–H and O–H groups in total. The summed E-state index contributed by atoms with van der Waals surface area (Å²) in [5, 5.41) is 7.00. The van der Waals surface area contributed by atoms with Gasteiger partial charge in [-0.1, -0.05) is 12.1 Å². The zero-order chi connectivity index (χ0) is 18.1. The van der Waals surface area contributed by atoms with E-state index in [0.29, 0.717) is 5.69 Å². The summed E-state index contributed by atoms with van der Waals surface area (Å²) in [7, 11) is 1.64. The van der Waals surface area contributed by atoms with Crippen LogP contribution in [0.25, 0.3) is 11.3 Å². The molecular weight excluding hydrogens is 324 g/mol. The minimum Gasteiger partial charge on any atom is -0.322 e. The lowest BCUT2D eigenvalue weighted by molar-refractivity contribution is 0.102. The van der Waals surface area contributed by atoms with Crippen LogP contribution in [0.5, 0.6) is 0 Å². The third-order valence-corrected chi connectivity index (χ3v) is 3.90. The number of anilines is 1. The monoisotopic (exact) mass is 341 g/mol. The van der Waals surface area contributed by atoms with Crippen LogP contribution in [-0.2, 0) is 7.05 Å². The molecule has 0 atom stereocenters. The molecular formula is C19H17F2N3O. The van der Waals surface area contributed by atoms with E-state index >= 15 is 0 Å². The smallest absolute Gasteiger partial charge is 0.259 e. The first-order valence-corrected chi connectivity index (χ1v) is 7.73. The van der Waals surface area contributed by atoms with E-state index in [1.165, 1.54) is 16.9 Å². The predicted molar refractivity (Wildman–Crippen MR) is 92.4 cm³/mol. The lowest BCUT2D eigenvalue weighted by atomic mass is 10.1. The molecule has 1 heterocycles. The summed E-state index contributed by atoms with van der Waals surface area (Å²) in [6, 6.07) is 8.92. The van der Waals surface area contributed by atoms with Crippen molar-refractivity contribution in [2.45, 2.75) is 13.8 Å². The second kappa shape index (κ2) is 6.47. The highest BCUT2D eigenvalue weighted by Gasteiger charge is 2.20. The van der Waals surface area contributed by atoms with Crippen LogP contribution in [0.1, 0.15) is 21.5 Å². The topological polar surface area (TPSA) is 46.9 Å². The number of hydrogen-bond donors (Lipinski definition) is 1. The van der Waals surface area contributed by atoms with E-state index in [1.54, 1.807) is 7.05 Å². The molecule has 6 heteroatoms. The summed E-state index contributed by atoms with van der Waals surface area (Å²) < 4.78 is 28.7. The van der Waals surface area contributed by atoms with Gasteiger partial charge in [0.1, 0.15) is 17.3 Å². The van der Waals surface area contributed by atoms with Crippen LogP contribution in [0.15, 0.2) is 42.6 Å². The zero-order valence-electron chi connectivity index (χ0n) is 14.1. The van der Waals surface area contributed by atoms with Gasteiger partial charge in [0.05, 0.1) is 5.56 Å². The first kappa shape index (κ1) is 16.8. The van der Waals surface area contributed by atoms with E-state index < -0.39 is 17.5 Å². The highest BCUT2D eigenvalue weighted by molar-refractivity contribution is 6.08. The number of hydrogen-bond acceptors (Lipinski definition) is 2. The number of carbonyl (C=O) groups is 1. The van der Waals surface area contributed by atoms with E-state index in [9.17, 15) is 13.6 Å². The van der Waals surface area contributed by atoms with Crippen molar-refractivity contribution in [2.75, 3.05) is 5.32 Å². The van der Waals surface area contributed by atoms with Crippen molar-refractivity contribution >= 4 is 11.6 Å². The van der Waals surface area contributed by atoms with Gasteiger partial charge in [-0.3, -0.25) is 9.48 Å². The predicted octanol–water partition coefficient (Wildman–Crippen LogP) is 4.23. The molecule has 3 rings (SSSR count). The lowest BCUT2D eigenvalue weighted by Crippen LogP contribution is -2.13. The number of carbonyl (C=O) groups excluding carboxylic acids is 1. The summed E-state index contributed by atoms with van der Waals surface area (Å²) in [5.74, 6) is -1.85. The molecule has 0 fully saturated rings. The van der Waals surface area contributed by atoms with Gasteiger partial charge in [-0.05, 0) is 43.2 Å². The molecule has 0 radical (unpaired) electrons. The lowest BCUT2D eigenvalue weighted by Gasteiger charge is -2.09. The molecule has 0 aliphatic rings. The molecule has 0 aliphatic carbocycles. The van der Waals surface area contributed by atoms with E-state index in [-0.39, 0.29) is 16.8 Å². The van der Waals surface area contributed by atoms with Crippen molar-refractivity contribution in [3.8, 4) is 11.3 Å². The molecule has 0 saturated carbocycles. The van der Waals surface area contributed by atoms with Gasteiger partial charge in [0.15, 0.2) is 0 Å². The van der Waals surface area contributed by atoms with Gasteiger partial charge in [-0.15, -0.1) is 0 Å². The standard InChI is InChI=1S/C19H17F2N3O/c1-11-4-5-12(2)17(8-11)22-19(25)15-10-24(3)23-18(15)14-7-6-13(20)9-16(14)21/h4-10H,1-3H3,(H,22,25). The third-order valence-electron chi connectivity index (χ3n) is 3.90. The third kappa shape index (κ3) is 3.42. The first-order chi connectivity index (χ1) is 11.8. The number of aromatic nitrogens is 2. The minimum atomic E-state index is -0.764. The number of halogens is 2. The Labute approximate surface area is 144 Å². The zero-order valence-corrected chi connectivity index (χ0v) is 14.1. The maximum absolute atomic E-state index is 14.1. The molecule has 4 nitrogen and oxygen atoms in total. The maximum atomic E-state index is 14.1. The van der Waals surface area contributed by atoms with Crippen molar-refractivity contribution in [3.63, 3.8) is 0 Å². The summed E-state index contributed by atoms with van der Waals surface area (Å²) in [6.07, 6.45) is 1.51. The molecule has 25 heavy (non-hydrogen) atoms. The molecule has 0 unspecified atom stereocenters. The fraction of sp³-hybridized carbons (Fsp3) is 0.158. The highest BCUT2D eigenvalue weighted by Crippen LogP contribution is 2.26. The van der Waals surface area contributed by atoms with Gasteiger partial charge in [0.2, 0.25) is 0 Å². The van der Waals surface area contributed by atoms with Crippen LogP contribution in [0.3, 0.4) is 0 Å². The van der Waals surface area contributed by atoms with Gasteiger partial charge < -0.3 is 5.32 Å². The fourth-order valence-electron chi connectivity index (χ4n) is 2.60. The van der Waals surface area contributed by atoms with E-state index in [2.05, 4.69) is 10.4 Å². The van der Waals surface area contributed by atoms with Crippen LogP contribution in [0.4, 0.5) is 14.5 Å². The van der Waals surface area contributed by atoms with Crippen LogP contribution in [-0.4, -0.2) is 15.7 Å². The summed E-state index contributed by atoms with van der Waals surface area (Å²) >= 11 is 0. The number of nitrogens with zero attached hydrogens (tertiary/aromatic N) is 2. The Morgan fingerprint density at radius 2 is 1.88 bits per heavy atom. The highest BCUT2D eigenvalue weighted by atomic mass is 19.1. The summed E-state index contributed by atoms with van der Waals surface area (Å²) in [6.45, 7) is 3.82. The Bertz CT molecular complexity index is 963. The Hall–Kier alpha value is -3.02. The van der Waals surface area contributed by atoms with Crippen molar-refractivity contribution in [2.24, 2.45) is 7.05 Å². The van der Waals surface area contributed by atoms with Gasteiger partial charge in [-0.25, -0.2) is 8.78 Å². The Kier molecular flexibility index (Phi) is 4.35. The number of nitrogens with one attached hydrogen (secondary N) is 1. The molecule has 0 saturated heterocycles. The van der Waals surface area contributed by atoms with Crippen molar-refractivity contribution in [1.82, 2.24) is 9.78 Å². The Morgan fingerprint density at radius 1 is 1.12 bits per heavy atom. The van der Waals surface area contributed by atoms with Crippen molar-refractivity contribution in [1.29, 1.82) is 0 Å². The number of rotatable bonds is 3. The Balaban J connectivity index is 2.00. The second-order valence-electron chi connectivity index (χ2n) is 5.96. The average molecular weight is 341 g/mol. The van der Waals surface area contributed by atoms with Gasteiger partial charge in [0.25, 0.3) is 5.91 Å². The summed E-state index contributed by atoms with van der Waals surface area (Å²) in [4.78, 5) is 12.7.